The number of nitrogens with one attached hydrogen (secondary N) is 5. The van der Waals surface area contributed by atoms with E-state index >= 15 is 4.79 Å². The van der Waals surface area contributed by atoms with Crippen molar-refractivity contribution in [3.8, 4) is 0 Å². The highest BCUT2D eigenvalue weighted by Gasteiger charge is 2.47. The van der Waals surface area contributed by atoms with Crippen LogP contribution in [0.25, 0.3) is 0 Å². The average molecular weight is 1210 g/mol. The van der Waals surface area contributed by atoms with Crippen LogP contribution in [0.5, 0.6) is 0 Å². The highest BCUT2D eigenvalue weighted by Crippen LogP contribution is 2.25. The second-order valence-corrected chi connectivity index (χ2v) is 23.5. The molecule has 2 fully saturated rings. The molecule has 24 heteroatoms. The van der Waals surface area contributed by atoms with E-state index in [-0.39, 0.29) is 44.2 Å². The van der Waals surface area contributed by atoms with E-state index in [0.717, 1.165) is 34.2 Å². The van der Waals surface area contributed by atoms with Gasteiger partial charge in [0, 0.05) is 37.8 Å². The van der Waals surface area contributed by atoms with Gasteiger partial charge in [-0.1, -0.05) is 115 Å². The van der Waals surface area contributed by atoms with Gasteiger partial charge in [0.15, 0.2) is 12.1 Å². The first-order chi connectivity index (χ1) is 40.6. The van der Waals surface area contributed by atoms with Crippen LogP contribution in [0.4, 0.5) is 0 Å². The molecule has 24 nitrogen and oxygen atoms in total. The van der Waals surface area contributed by atoms with Gasteiger partial charge in [0.2, 0.25) is 23.6 Å². The number of ether oxygens (including phenoxy) is 2. The molecule has 3 heterocycles. The fourth-order valence-electron chi connectivity index (χ4n) is 9.45. The molecule has 0 radical (unpaired) electrons. The Kier molecular flexibility index (Phi) is 31.1. The number of aliphatic hydroxyl groups is 1. The summed E-state index contributed by atoms with van der Waals surface area (Å²) in [6.45, 7) is 17.8. The minimum absolute atomic E-state index is 0.00854. The number of hydrazine groups is 1. The monoisotopic (exact) mass is 1200 g/mol. The second kappa shape index (κ2) is 36.6. The average Bonchev–Trinajstić information content (AvgIpc) is 1.86. The van der Waals surface area contributed by atoms with E-state index < -0.39 is 144 Å². The summed E-state index contributed by atoms with van der Waals surface area (Å²) in [6.07, 6.45) is 21.7. The number of nitrogens with zero attached hydrogens (tertiary/aromatic N) is 4. The Morgan fingerprint density at radius 2 is 1.35 bits per heavy atom. The maximum absolute atomic E-state index is 15.2. The highest BCUT2D eigenvalue weighted by molar-refractivity contribution is 5.99. The van der Waals surface area contributed by atoms with Crippen LogP contribution in [0.15, 0.2) is 77.5 Å². The number of hydrogen-bond acceptors (Lipinski definition) is 16. The van der Waals surface area contributed by atoms with Crippen molar-refractivity contribution in [3.63, 3.8) is 0 Å². The molecular formula is C62H96N10O14. The van der Waals surface area contributed by atoms with Gasteiger partial charge in [-0.2, -0.15) is 5.10 Å². The van der Waals surface area contributed by atoms with Crippen LogP contribution in [-0.4, -0.2) is 171 Å². The lowest BCUT2D eigenvalue weighted by Crippen LogP contribution is -2.67. The number of unbranched alkanes of at least 4 members (excludes halogenated alkanes) is 2. The van der Waals surface area contributed by atoms with Gasteiger partial charge in [0.05, 0.1) is 12.0 Å². The molecule has 7 amide bonds. The van der Waals surface area contributed by atoms with Crippen molar-refractivity contribution >= 4 is 65.5 Å². The molecule has 2 saturated heterocycles. The zero-order chi connectivity index (χ0) is 64.4. The third kappa shape index (κ3) is 23.2. The molecule has 3 aliphatic heterocycles. The number of hydrazone groups is 1. The van der Waals surface area contributed by atoms with Gasteiger partial charge in [-0.05, 0) is 110 Å². The molecule has 9 N–H and O–H groups in total. The molecule has 3 rings (SSSR count). The first-order valence-electron chi connectivity index (χ1n) is 30.0. The fourth-order valence-corrected chi connectivity index (χ4v) is 9.45. The van der Waals surface area contributed by atoms with Gasteiger partial charge >= 0.3 is 17.9 Å². The van der Waals surface area contributed by atoms with E-state index in [1.807, 2.05) is 55.5 Å². The number of amides is 7. The molecule has 0 aromatic rings. The number of rotatable bonds is 25. The number of aliphatic hydroxyl groups excluding tert-OH is 1. The standard InChI is InChI=1S/C62H96N10O14/c1-37(2)35-47-62(84)85-44(11)52(69-56(77)50(39(5)6)67-55(76)49(38(3)4)66-53(74)40(7)29-25-23-21-19-17-15-13-14-16-18-20-22-24-26-30-42(9)63)59(80)71-45(31-27-33-64-71)57(78)72-46(32-28-34-65-72)61(83)86-48(36-41(8)60(81)82)54(75)68-51(43(10)73)58(79)70(47)12/h15-22,24,26,29,34,37-39,41-52,64,73H,13-14,23,25,27-28,30-33,35-36,63H2,1-12H3,(H,66,74)(H,67,76)(H,68,75)(H,69,77)(H,81,82)/b17-15+,18-16+,21-19+,22-20-,26-24+,40-29+/t41?,42-,43+,44+,45-,46+,47-,48?,49-,50-,51+,52+/m0/s1. The number of cyclic esters (lactones) is 2. The van der Waals surface area contributed by atoms with Crippen molar-refractivity contribution in [1.29, 1.82) is 0 Å². The van der Waals surface area contributed by atoms with E-state index in [2.05, 4.69) is 43.9 Å². The summed E-state index contributed by atoms with van der Waals surface area (Å²) in [5.74, 6) is -12.3. The van der Waals surface area contributed by atoms with Crippen molar-refractivity contribution in [2.45, 2.75) is 213 Å². The molecule has 2 unspecified atom stereocenters. The van der Waals surface area contributed by atoms with E-state index in [0.29, 0.717) is 24.8 Å². The minimum Gasteiger partial charge on any atom is -0.481 e. The molecular weight excluding hydrogens is 1110 g/mol. The number of allylic oxidation sites excluding steroid dienone is 10. The van der Waals surface area contributed by atoms with Crippen LogP contribution in [0.3, 0.4) is 0 Å². The third-order valence-electron chi connectivity index (χ3n) is 14.7. The van der Waals surface area contributed by atoms with Crippen LogP contribution in [0.2, 0.25) is 0 Å². The summed E-state index contributed by atoms with van der Waals surface area (Å²) in [5, 5.41) is 37.4. The number of carboxylic acid groups (broad SMARTS) is 1. The van der Waals surface area contributed by atoms with Crippen LogP contribution >= 0.6 is 0 Å². The van der Waals surface area contributed by atoms with Crippen LogP contribution in [0, 0.1) is 23.7 Å². The summed E-state index contributed by atoms with van der Waals surface area (Å²) >= 11 is 0. The Bertz CT molecular complexity index is 2550. The number of carboxylic acids is 1. The Morgan fingerprint density at radius 3 is 1.93 bits per heavy atom. The lowest BCUT2D eigenvalue weighted by atomic mass is 9.98. The first kappa shape index (κ1) is 72.9. The molecule has 0 spiro atoms. The molecule has 86 heavy (non-hydrogen) atoms. The van der Waals surface area contributed by atoms with Crippen molar-refractivity contribution in [2.24, 2.45) is 34.5 Å². The van der Waals surface area contributed by atoms with Gasteiger partial charge in [-0.25, -0.2) is 20.0 Å². The van der Waals surface area contributed by atoms with Gasteiger partial charge in [0.1, 0.15) is 42.4 Å². The zero-order valence-electron chi connectivity index (χ0n) is 52.2. The van der Waals surface area contributed by atoms with E-state index in [1.165, 1.54) is 34.0 Å². The number of aliphatic carboxylic acids is 1. The maximum atomic E-state index is 15.2. The van der Waals surface area contributed by atoms with Crippen molar-refractivity contribution < 1.29 is 67.6 Å². The molecule has 478 valence electrons. The summed E-state index contributed by atoms with van der Waals surface area (Å²) < 4.78 is 11.7. The Morgan fingerprint density at radius 1 is 0.756 bits per heavy atom. The smallest absolute Gasteiger partial charge is 0.331 e. The SMILES string of the molecule is C/C(=C\CC/C=C/C=C/CC/C=C/C=C\C=C\C[C@H](C)N)C(=O)N[C@H](C(=O)N[C@H](C(=O)N[C@H]1C(=O)N2NCCC[C@H]2C(=O)N2N=CCC[C@@H]2C(=O)OC(CC(C)C(=O)O)C(=O)N[C@H]([C@@H](C)O)C(=O)N(C)[C@@H](CC(C)C)C(=O)O[C@@H]1C)C(C)C)C(C)C. The first-order valence-corrected chi connectivity index (χ1v) is 30.0. The molecule has 0 aromatic heterocycles. The van der Waals surface area contributed by atoms with E-state index in [9.17, 15) is 53.4 Å². The number of esters is 2. The van der Waals surface area contributed by atoms with Crippen LogP contribution < -0.4 is 32.4 Å². The number of hydrogen-bond donors (Lipinski definition) is 8. The van der Waals surface area contributed by atoms with Gasteiger partial charge in [-0.3, -0.25) is 43.4 Å². The zero-order valence-corrected chi connectivity index (χ0v) is 52.2. The molecule has 12 atom stereocenters. The van der Waals surface area contributed by atoms with Crippen LogP contribution in [-0.2, 0) is 57.4 Å². The van der Waals surface area contributed by atoms with Gasteiger partial charge < -0.3 is 51.6 Å². The third-order valence-corrected chi connectivity index (χ3v) is 14.7. The summed E-state index contributed by atoms with van der Waals surface area (Å²) in [6, 6.07) is -10.3. The predicted octanol–water partition coefficient (Wildman–Crippen LogP) is 3.96. The quantitative estimate of drug-likeness (QED) is 0.0278. The number of fused-ring (bicyclic) bond motifs is 2. The Hall–Kier alpha value is -7.31. The van der Waals surface area contributed by atoms with E-state index in [1.54, 1.807) is 54.5 Å². The van der Waals surface area contributed by atoms with Crippen molar-refractivity contribution in [1.82, 2.24) is 41.6 Å². The highest BCUT2D eigenvalue weighted by atomic mass is 16.6. The second-order valence-electron chi connectivity index (χ2n) is 23.5. The number of likely N-dealkylation sites (N-methyl/N-ethyl adjacent to an activating group) is 1. The maximum Gasteiger partial charge on any atom is 0.331 e. The molecule has 3 aliphatic rings. The van der Waals surface area contributed by atoms with Gasteiger partial charge in [0.25, 0.3) is 17.7 Å². The summed E-state index contributed by atoms with van der Waals surface area (Å²) in [7, 11) is 1.23. The Labute approximate surface area is 506 Å². The minimum atomic E-state index is -1.87. The molecule has 0 saturated carbocycles. The molecule has 0 aromatic carbocycles. The van der Waals surface area contributed by atoms with Crippen molar-refractivity contribution in [3.05, 3.63) is 72.4 Å². The number of carbonyl (C=O) groups is 10. The van der Waals surface area contributed by atoms with Crippen molar-refractivity contribution in [2.75, 3.05) is 13.6 Å². The summed E-state index contributed by atoms with van der Waals surface area (Å²) in [4.78, 5) is 143. The van der Waals surface area contributed by atoms with E-state index in [4.69, 9.17) is 15.2 Å². The van der Waals surface area contributed by atoms with Gasteiger partial charge in [-0.15, -0.1) is 0 Å². The normalized spacial score (nSPS) is 24.5. The Balaban J connectivity index is 1.96. The lowest BCUT2D eigenvalue weighted by molar-refractivity contribution is -0.169. The molecule has 0 aliphatic carbocycles. The largest absolute Gasteiger partial charge is 0.481 e. The topological polar surface area (TPSA) is 338 Å². The molecule has 0 bridgehead atoms. The fraction of sp³-hybridized carbons (Fsp3) is 0.629. The number of nitrogens with two attached hydrogens (primary N) is 1. The lowest BCUT2D eigenvalue weighted by Gasteiger charge is -2.41. The summed E-state index contributed by atoms with van der Waals surface area (Å²) in [5.41, 5.74) is 9.04. The number of carbonyl (C=O) groups excluding carboxylic acids is 9. The van der Waals surface area contributed by atoms with Crippen LogP contribution in [0.1, 0.15) is 147 Å². The predicted molar refractivity (Wildman–Crippen MR) is 324 cm³/mol.